The molecule has 19 heavy (non-hydrogen) atoms. The van der Waals surface area contributed by atoms with E-state index in [0.717, 1.165) is 42.1 Å². The Labute approximate surface area is 121 Å². The molecule has 2 aromatic rings. The van der Waals surface area contributed by atoms with Crippen LogP contribution in [-0.2, 0) is 0 Å². The van der Waals surface area contributed by atoms with E-state index in [1.807, 2.05) is 0 Å². The van der Waals surface area contributed by atoms with Gasteiger partial charge in [-0.3, -0.25) is 0 Å². The first-order chi connectivity index (χ1) is 9.16. The van der Waals surface area contributed by atoms with Gasteiger partial charge in [0.1, 0.15) is 10.4 Å². The van der Waals surface area contributed by atoms with E-state index in [9.17, 15) is 0 Å². The monoisotopic (exact) mass is 322 g/mol. The Bertz CT molecular complexity index is 584. The van der Waals surface area contributed by atoms with Gasteiger partial charge in [0.2, 0.25) is 0 Å². The lowest BCUT2D eigenvalue weighted by molar-refractivity contribution is 0.589. The highest BCUT2D eigenvalue weighted by atomic mass is 79.9. The highest BCUT2D eigenvalue weighted by Gasteiger charge is 2.15. The summed E-state index contributed by atoms with van der Waals surface area (Å²) in [7, 11) is 0. The van der Waals surface area contributed by atoms with Crippen LogP contribution in [0.3, 0.4) is 0 Å². The summed E-state index contributed by atoms with van der Waals surface area (Å²) in [5.41, 5.74) is 2.43. The van der Waals surface area contributed by atoms with Crippen LogP contribution in [0, 0.1) is 0 Å². The lowest BCUT2D eigenvalue weighted by Crippen LogP contribution is -2.43. The summed E-state index contributed by atoms with van der Waals surface area (Å²) < 4.78 is 3.12. The van der Waals surface area contributed by atoms with E-state index < -0.39 is 0 Å². The normalized spacial score (nSPS) is 16.5. The van der Waals surface area contributed by atoms with Gasteiger partial charge in [-0.2, -0.15) is 0 Å². The topological polar surface area (TPSA) is 32.6 Å². The van der Waals surface area contributed by atoms with Gasteiger partial charge in [0.05, 0.1) is 5.52 Å². The number of pyridine rings is 1. The van der Waals surface area contributed by atoms with Crippen LogP contribution in [-0.4, -0.2) is 35.6 Å². The second kappa shape index (κ2) is 5.13. The first-order valence-corrected chi connectivity index (χ1v) is 7.59. The van der Waals surface area contributed by atoms with Gasteiger partial charge in [0.25, 0.3) is 0 Å². The van der Waals surface area contributed by atoms with Crippen molar-refractivity contribution in [3.8, 4) is 0 Å². The Morgan fingerprint density at radius 1 is 1.32 bits per heavy atom. The summed E-state index contributed by atoms with van der Waals surface area (Å²) in [5.74, 6) is 1.53. The van der Waals surface area contributed by atoms with Gasteiger partial charge >= 0.3 is 0 Å². The number of hydrogen-bond donors (Lipinski definition) is 1. The summed E-state index contributed by atoms with van der Waals surface area (Å²) in [4.78, 5) is 7.05. The molecule has 0 spiro atoms. The number of hydrogen-bond acceptors (Lipinski definition) is 3. The molecule has 3 heterocycles. The first-order valence-electron chi connectivity index (χ1n) is 6.80. The zero-order chi connectivity index (χ0) is 13.4. The average Bonchev–Trinajstić information content (AvgIpc) is 2.77. The first kappa shape index (κ1) is 12.9. The molecule has 0 aromatic carbocycles. The van der Waals surface area contributed by atoms with E-state index in [2.05, 4.69) is 67.7 Å². The molecule has 1 N–H and O–H groups in total. The Balaban J connectivity index is 2.03. The predicted octanol–water partition coefficient (Wildman–Crippen LogP) is 2.63. The van der Waals surface area contributed by atoms with E-state index in [0.29, 0.717) is 5.92 Å². The Kier molecular flexibility index (Phi) is 3.50. The van der Waals surface area contributed by atoms with Gasteiger partial charge in [-0.1, -0.05) is 13.8 Å². The standard InChI is InChI=1S/C14H19BrN4/c1-10(2)14-17-13(15)12-9-11(3-6-19(12)14)18-7-4-16-5-8-18/h3,6,9-10,16H,4-5,7-8H2,1-2H3. The fourth-order valence-corrected chi connectivity index (χ4v) is 3.07. The highest BCUT2D eigenvalue weighted by molar-refractivity contribution is 9.10. The van der Waals surface area contributed by atoms with E-state index in [1.54, 1.807) is 0 Å². The second-order valence-electron chi connectivity index (χ2n) is 5.29. The average molecular weight is 323 g/mol. The molecule has 0 atom stereocenters. The number of fused-ring (bicyclic) bond motifs is 1. The molecular formula is C14H19BrN4. The SMILES string of the molecule is CC(C)c1nc(Br)c2cc(N3CCNCC3)ccn12. The largest absolute Gasteiger partial charge is 0.369 e. The van der Waals surface area contributed by atoms with Gasteiger partial charge in [-0.25, -0.2) is 4.98 Å². The molecule has 5 heteroatoms. The summed E-state index contributed by atoms with van der Waals surface area (Å²) in [6, 6.07) is 4.42. The van der Waals surface area contributed by atoms with Crippen molar-refractivity contribution in [2.75, 3.05) is 31.1 Å². The number of nitrogens with zero attached hydrogens (tertiary/aromatic N) is 3. The third-order valence-electron chi connectivity index (χ3n) is 3.61. The fourth-order valence-electron chi connectivity index (χ4n) is 2.59. The minimum Gasteiger partial charge on any atom is -0.369 e. The summed E-state index contributed by atoms with van der Waals surface area (Å²) >= 11 is 3.58. The lowest BCUT2D eigenvalue weighted by atomic mass is 10.2. The fraction of sp³-hybridized carbons (Fsp3) is 0.500. The molecule has 102 valence electrons. The molecule has 0 saturated carbocycles. The van der Waals surface area contributed by atoms with Crippen molar-refractivity contribution in [1.82, 2.24) is 14.7 Å². The maximum absolute atomic E-state index is 4.62. The van der Waals surface area contributed by atoms with E-state index in [-0.39, 0.29) is 0 Å². The summed E-state index contributed by atoms with van der Waals surface area (Å²) in [5, 5.41) is 3.38. The number of nitrogens with one attached hydrogen (secondary N) is 1. The summed E-state index contributed by atoms with van der Waals surface area (Å²) in [6.07, 6.45) is 2.14. The predicted molar refractivity (Wildman–Crippen MR) is 82.1 cm³/mol. The molecule has 1 aliphatic heterocycles. The van der Waals surface area contributed by atoms with Crippen LogP contribution in [0.15, 0.2) is 22.9 Å². The van der Waals surface area contributed by atoms with Crippen LogP contribution in [0.1, 0.15) is 25.6 Å². The second-order valence-corrected chi connectivity index (χ2v) is 6.04. The maximum Gasteiger partial charge on any atom is 0.132 e. The number of halogens is 1. The Morgan fingerprint density at radius 2 is 2.05 bits per heavy atom. The van der Waals surface area contributed by atoms with Crippen molar-refractivity contribution in [2.45, 2.75) is 19.8 Å². The van der Waals surface area contributed by atoms with Crippen LogP contribution in [0.25, 0.3) is 5.52 Å². The quantitative estimate of drug-likeness (QED) is 0.922. The molecule has 0 bridgehead atoms. The molecule has 4 nitrogen and oxygen atoms in total. The third kappa shape index (κ3) is 2.37. The molecule has 1 fully saturated rings. The van der Waals surface area contributed by atoms with Crippen LogP contribution in [0.4, 0.5) is 5.69 Å². The summed E-state index contributed by atoms with van der Waals surface area (Å²) in [6.45, 7) is 8.60. The van der Waals surface area contributed by atoms with Gasteiger partial charge in [0, 0.05) is 44.0 Å². The number of rotatable bonds is 2. The molecule has 0 aliphatic carbocycles. The van der Waals surface area contributed by atoms with Gasteiger partial charge in [-0.15, -0.1) is 0 Å². The number of piperazine rings is 1. The maximum atomic E-state index is 4.62. The molecule has 1 aliphatic rings. The van der Waals surface area contributed by atoms with Crippen molar-refractivity contribution in [1.29, 1.82) is 0 Å². The number of imidazole rings is 1. The van der Waals surface area contributed by atoms with Gasteiger partial charge in [-0.05, 0) is 28.1 Å². The van der Waals surface area contributed by atoms with E-state index >= 15 is 0 Å². The van der Waals surface area contributed by atoms with Crippen molar-refractivity contribution in [2.24, 2.45) is 0 Å². The molecule has 1 saturated heterocycles. The van der Waals surface area contributed by atoms with Crippen LogP contribution >= 0.6 is 15.9 Å². The van der Waals surface area contributed by atoms with Gasteiger partial charge in [0.15, 0.2) is 0 Å². The Morgan fingerprint density at radius 3 is 2.74 bits per heavy atom. The van der Waals surface area contributed by atoms with Crippen molar-refractivity contribution >= 4 is 27.1 Å². The van der Waals surface area contributed by atoms with Crippen LogP contribution < -0.4 is 10.2 Å². The minimum absolute atomic E-state index is 0.420. The number of anilines is 1. The van der Waals surface area contributed by atoms with E-state index in [4.69, 9.17) is 0 Å². The highest BCUT2D eigenvalue weighted by Crippen LogP contribution is 2.27. The van der Waals surface area contributed by atoms with Crippen molar-refractivity contribution in [3.63, 3.8) is 0 Å². The van der Waals surface area contributed by atoms with Crippen LogP contribution in [0.2, 0.25) is 0 Å². The lowest BCUT2D eigenvalue weighted by Gasteiger charge is -2.29. The smallest absolute Gasteiger partial charge is 0.132 e. The third-order valence-corrected chi connectivity index (χ3v) is 4.19. The molecule has 0 amide bonds. The molecule has 0 radical (unpaired) electrons. The zero-order valence-electron chi connectivity index (χ0n) is 11.4. The number of aromatic nitrogens is 2. The zero-order valence-corrected chi connectivity index (χ0v) is 12.9. The van der Waals surface area contributed by atoms with Crippen molar-refractivity contribution in [3.05, 3.63) is 28.8 Å². The molecule has 2 aromatic heterocycles. The minimum atomic E-state index is 0.420. The van der Waals surface area contributed by atoms with Crippen molar-refractivity contribution < 1.29 is 0 Å². The van der Waals surface area contributed by atoms with E-state index in [1.165, 1.54) is 5.69 Å². The molecule has 0 unspecified atom stereocenters. The Hall–Kier alpha value is -1.07. The molecule has 3 rings (SSSR count). The van der Waals surface area contributed by atoms with Gasteiger partial charge < -0.3 is 14.6 Å². The molecular weight excluding hydrogens is 304 g/mol. The van der Waals surface area contributed by atoms with Crippen LogP contribution in [0.5, 0.6) is 0 Å².